The largest absolute Gasteiger partial charge is 0.310 e. The molecule has 0 radical (unpaired) electrons. The minimum Gasteiger partial charge on any atom is -0.310 e. The fraction of sp³-hybridized carbons (Fsp3) is 0.0196. The van der Waals surface area contributed by atoms with E-state index in [9.17, 15) is 0 Å². The minimum atomic E-state index is 1.13. The molecule has 0 amide bonds. The summed E-state index contributed by atoms with van der Waals surface area (Å²) in [5, 5.41) is 10.3. The summed E-state index contributed by atoms with van der Waals surface area (Å²) in [6.45, 7) is 2.21. The topological polar surface area (TPSA) is 3.24 Å². The van der Waals surface area contributed by atoms with E-state index in [0.717, 1.165) is 17.1 Å². The number of para-hydroxylation sites is 2. The van der Waals surface area contributed by atoms with Gasteiger partial charge in [0.2, 0.25) is 0 Å². The number of thiophene rings is 2. The van der Waals surface area contributed by atoms with Crippen LogP contribution in [0.3, 0.4) is 0 Å². The molecule has 2 heterocycles. The molecule has 11 rings (SSSR count). The molecule has 54 heavy (non-hydrogen) atoms. The standard InChI is InChI=1S/C51H33NS2/c1-32-20-24-42-44(28-32)50(33-21-25-40-38-16-8-10-18-46(38)53-48(40)29-33)43-27-23-37(52(35-12-4-2-5-13-35)36-14-6-3-7-15-36)31-45(43)51(42)34-22-26-41-39-17-9-11-19-47(39)54-49(41)30-34/h2-31H,1H3. The van der Waals surface area contributed by atoms with Crippen LogP contribution in [0.2, 0.25) is 0 Å². The van der Waals surface area contributed by atoms with E-state index < -0.39 is 0 Å². The molecule has 0 aliphatic heterocycles. The summed E-state index contributed by atoms with van der Waals surface area (Å²) in [7, 11) is 0. The molecule has 0 aliphatic carbocycles. The van der Waals surface area contributed by atoms with E-state index in [1.807, 2.05) is 22.7 Å². The molecule has 0 atom stereocenters. The van der Waals surface area contributed by atoms with Crippen LogP contribution in [-0.4, -0.2) is 0 Å². The third-order valence-corrected chi connectivity index (χ3v) is 13.1. The zero-order valence-corrected chi connectivity index (χ0v) is 31.2. The predicted molar refractivity (Wildman–Crippen MR) is 238 cm³/mol. The first kappa shape index (κ1) is 31.3. The summed E-state index contributed by atoms with van der Waals surface area (Å²) < 4.78 is 5.28. The quantitative estimate of drug-likeness (QED) is 0.160. The van der Waals surface area contributed by atoms with Crippen LogP contribution in [-0.2, 0) is 0 Å². The number of benzene rings is 9. The maximum atomic E-state index is 2.43. The molecule has 11 aromatic rings. The van der Waals surface area contributed by atoms with Crippen LogP contribution in [0.4, 0.5) is 17.1 Å². The van der Waals surface area contributed by atoms with Crippen molar-refractivity contribution in [2.24, 2.45) is 0 Å². The highest BCUT2D eigenvalue weighted by Crippen LogP contribution is 2.48. The summed E-state index contributed by atoms with van der Waals surface area (Å²) in [5.74, 6) is 0. The number of aryl methyl sites for hydroxylation is 1. The van der Waals surface area contributed by atoms with Crippen molar-refractivity contribution >= 4 is 102 Å². The molecule has 0 saturated heterocycles. The molecule has 1 nitrogen and oxygen atoms in total. The molecule has 0 bridgehead atoms. The van der Waals surface area contributed by atoms with Gasteiger partial charge in [-0.1, -0.05) is 127 Å². The lowest BCUT2D eigenvalue weighted by Crippen LogP contribution is -2.09. The first-order valence-corrected chi connectivity index (χ1v) is 20.0. The number of fused-ring (bicyclic) bond motifs is 8. The van der Waals surface area contributed by atoms with E-state index in [1.54, 1.807) is 0 Å². The normalized spacial score (nSPS) is 11.8. The number of anilines is 3. The van der Waals surface area contributed by atoms with Crippen LogP contribution in [0.25, 0.3) is 84.1 Å². The van der Waals surface area contributed by atoms with Gasteiger partial charge in [-0.25, -0.2) is 0 Å². The van der Waals surface area contributed by atoms with Crippen LogP contribution in [0.15, 0.2) is 182 Å². The van der Waals surface area contributed by atoms with Gasteiger partial charge in [0.1, 0.15) is 0 Å². The van der Waals surface area contributed by atoms with E-state index in [2.05, 4.69) is 194 Å². The Bertz CT molecular complexity index is 3190. The van der Waals surface area contributed by atoms with Gasteiger partial charge >= 0.3 is 0 Å². The SMILES string of the molecule is Cc1ccc2c(-c3ccc4c(c3)sc3ccccc34)c3cc(N(c4ccccc4)c4ccccc4)ccc3c(-c3ccc4c(c3)sc3ccccc34)c2c1. The monoisotopic (exact) mass is 723 g/mol. The lowest BCUT2D eigenvalue weighted by molar-refractivity contribution is 1.29. The fourth-order valence-electron chi connectivity index (χ4n) is 8.46. The van der Waals surface area contributed by atoms with Crippen LogP contribution in [0.1, 0.15) is 5.56 Å². The Labute approximate surface area is 321 Å². The summed E-state index contributed by atoms with van der Waals surface area (Å²) in [6.07, 6.45) is 0. The van der Waals surface area contributed by atoms with Gasteiger partial charge in [0, 0.05) is 57.4 Å². The lowest BCUT2D eigenvalue weighted by atomic mass is 9.85. The number of rotatable bonds is 5. The van der Waals surface area contributed by atoms with Crippen LogP contribution in [0.5, 0.6) is 0 Å². The molecule has 9 aromatic carbocycles. The Morgan fingerprint density at radius 1 is 0.315 bits per heavy atom. The molecular formula is C51H33NS2. The molecule has 254 valence electrons. The highest BCUT2D eigenvalue weighted by atomic mass is 32.1. The van der Waals surface area contributed by atoms with Crippen molar-refractivity contribution in [1.82, 2.24) is 0 Å². The van der Waals surface area contributed by atoms with Gasteiger partial charge in [0.25, 0.3) is 0 Å². The summed E-state index contributed by atoms with van der Waals surface area (Å²) in [5.41, 5.74) is 9.68. The van der Waals surface area contributed by atoms with Gasteiger partial charge in [0.05, 0.1) is 0 Å². The van der Waals surface area contributed by atoms with E-state index >= 15 is 0 Å². The first-order chi connectivity index (χ1) is 26.7. The summed E-state index contributed by atoms with van der Waals surface area (Å²) >= 11 is 3.77. The van der Waals surface area contributed by atoms with E-state index in [-0.39, 0.29) is 0 Å². The fourth-order valence-corrected chi connectivity index (χ4v) is 10.7. The number of hydrogen-bond donors (Lipinski definition) is 0. The van der Waals surface area contributed by atoms with Crippen LogP contribution < -0.4 is 4.90 Å². The highest BCUT2D eigenvalue weighted by Gasteiger charge is 2.21. The average Bonchev–Trinajstić information content (AvgIpc) is 3.78. The number of nitrogens with zero attached hydrogens (tertiary/aromatic N) is 1. The smallest absolute Gasteiger partial charge is 0.0468 e. The Balaban J connectivity index is 1.25. The van der Waals surface area contributed by atoms with Gasteiger partial charge in [-0.15, -0.1) is 22.7 Å². The molecule has 0 aliphatic rings. The molecule has 0 N–H and O–H groups in total. The third kappa shape index (κ3) is 4.97. The second-order valence-electron chi connectivity index (χ2n) is 14.2. The maximum Gasteiger partial charge on any atom is 0.0468 e. The molecule has 0 fully saturated rings. The van der Waals surface area contributed by atoms with Gasteiger partial charge in [-0.3, -0.25) is 0 Å². The Morgan fingerprint density at radius 3 is 1.31 bits per heavy atom. The molecule has 0 unspecified atom stereocenters. The maximum absolute atomic E-state index is 2.43. The summed E-state index contributed by atoms with van der Waals surface area (Å²) in [4.78, 5) is 2.38. The van der Waals surface area contributed by atoms with Crippen molar-refractivity contribution in [3.05, 3.63) is 188 Å². The molecule has 3 heteroatoms. The lowest BCUT2D eigenvalue weighted by Gasteiger charge is -2.27. The Morgan fingerprint density at radius 2 is 0.759 bits per heavy atom. The zero-order valence-electron chi connectivity index (χ0n) is 29.6. The van der Waals surface area contributed by atoms with Crippen LogP contribution >= 0.6 is 22.7 Å². The van der Waals surface area contributed by atoms with Crippen molar-refractivity contribution in [2.75, 3.05) is 4.90 Å². The van der Waals surface area contributed by atoms with E-state index in [4.69, 9.17) is 0 Å². The van der Waals surface area contributed by atoms with Gasteiger partial charge in [0.15, 0.2) is 0 Å². The van der Waals surface area contributed by atoms with Crippen molar-refractivity contribution in [3.63, 3.8) is 0 Å². The van der Waals surface area contributed by atoms with Crippen molar-refractivity contribution in [2.45, 2.75) is 6.92 Å². The number of hydrogen-bond acceptors (Lipinski definition) is 3. The third-order valence-electron chi connectivity index (χ3n) is 10.9. The van der Waals surface area contributed by atoms with Gasteiger partial charge < -0.3 is 4.90 Å². The van der Waals surface area contributed by atoms with Crippen LogP contribution in [0, 0.1) is 6.92 Å². The van der Waals surface area contributed by atoms with Crippen molar-refractivity contribution in [3.8, 4) is 22.3 Å². The highest BCUT2D eigenvalue weighted by molar-refractivity contribution is 7.26. The Hall–Kier alpha value is -6.26. The van der Waals surface area contributed by atoms with E-state index in [1.165, 1.54) is 89.7 Å². The van der Waals surface area contributed by atoms with Crippen molar-refractivity contribution in [1.29, 1.82) is 0 Å². The van der Waals surface area contributed by atoms with E-state index in [0.29, 0.717) is 0 Å². The average molecular weight is 724 g/mol. The molecule has 0 saturated carbocycles. The van der Waals surface area contributed by atoms with Gasteiger partial charge in [-0.05, 0) is 111 Å². The molecule has 0 spiro atoms. The second-order valence-corrected chi connectivity index (χ2v) is 16.3. The second kappa shape index (κ2) is 12.4. The zero-order chi connectivity index (χ0) is 35.8. The summed E-state index contributed by atoms with van der Waals surface area (Å²) in [6, 6.07) is 67.3. The Kier molecular flexibility index (Phi) is 7.19. The first-order valence-electron chi connectivity index (χ1n) is 18.4. The van der Waals surface area contributed by atoms with Crippen molar-refractivity contribution < 1.29 is 0 Å². The molecular weight excluding hydrogens is 691 g/mol. The molecule has 2 aromatic heterocycles. The van der Waals surface area contributed by atoms with Gasteiger partial charge in [-0.2, -0.15) is 0 Å². The predicted octanol–water partition coefficient (Wildman–Crippen LogP) is 15.8. The minimum absolute atomic E-state index is 1.13.